The van der Waals surface area contributed by atoms with Crippen molar-refractivity contribution in [3.63, 3.8) is 0 Å². The van der Waals surface area contributed by atoms with Crippen molar-refractivity contribution < 1.29 is 34.8 Å². The first-order valence-electron chi connectivity index (χ1n) is 17.4. The molecule has 0 aliphatic carbocycles. The van der Waals surface area contributed by atoms with Crippen LogP contribution < -0.4 is 5.32 Å². The number of nitrogens with zero attached hydrogens (tertiary/aromatic N) is 3. The first-order valence-corrected chi connectivity index (χ1v) is 20.3. The predicted molar refractivity (Wildman–Crippen MR) is 201 cm³/mol. The van der Waals surface area contributed by atoms with Gasteiger partial charge in [0.1, 0.15) is 21.8 Å². The molecule has 0 aromatic carbocycles. The molecule has 3 heterocycles. The number of aliphatic carboxylic acids is 1. The van der Waals surface area contributed by atoms with Crippen LogP contribution in [0.15, 0.2) is 15.4 Å². The second-order valence-electron chi connectivity index (χ2n) is 14.5. The highest BCUT2D eigenvalue weighted by atomic mass is 32.2. The van der Waals surface area contributed by atoms with Gasteiger partial charge in [-0.2, -0.15) is 0 Å². The Hall–Kier alpha value is -1.55. The summed E-state index contributed by atoms with van der Waals surface area (Å²) in [5.41, 5.74) is -0.953. The molecule has 278 valence electrons. The monoisotopic (exact) mass is 742 g/mol. The van der Waals surface area contributed by atoms with E-state index < -0.39 is 47.3 Å². The number of hydrogen-bond donors (Lipinski definition) is 5. The number of thiazole rings is 1. The fourth-order valence-corrected chi connectivity index (χ4v) is 9.85. The molecule has 2 aliphatic heterocycles. The minimum Gasteiger partial charge on any atom is -0.481 e. The predicted octanol–water partition coefficient (Wildman–Crippen LogP) is 4.90. The number of aliphatic hydroxyl groups excluding tert-OH is 3. The Balaban J connectivity index is 1.72. The van der Waals surface area contributed by atoms with Crippen molar-refractivity contribution in [2.24, 2.45) is 39.6 Å². The summed E-state index contributed by atoms with van der Waals surface area (Å²) in [5.74, 6) is -1.97. The van der Waals surface area contributed by atoms with Crippen LogP contribution in [0.2, 0.25) is 0 Å². The average Bonchev–Trinajstić information content (AvgIpc) is 3.83. The van der Waals surface area contributed by atoms with E-state index in [2.05, 4.69) is 12.2 Å². The number of carboxylic acid groups (broad SMARTS) is 1. The molecule has 0 fully saturated rings. The van der Waals surface area contributed by atoms with Gasteiger partial charge in [-0.05, 0) is 39.0 Å². The molecule has 0 saturated carbocycles. The van der Waals surface area contributed by atoms with E-state index in [0.717, 1.165) is 33.6 Å². The van der Waals surface area contributed by atoms with Crippen LogP contribution in [0.4, 0.5) is 0 Å². The lowest BCUT2D eigenvalue weighted by molar-refractivity contribution is -0.147. The normalized spacial score (nSPS) is 27.2. The van der Waals surface area contributed by atoms with Gasteiger partial charge in [-0.25, -0.2) is 4.98 Å². The molecule has 14 heteroatoms. The standard InChI is InChI=1S/C35H58N4O7S3/c1-11-13-19(4)27(40)21(6)28(41)20(5)24(46-10)14-25-36-23(15-47-25)30-38-35(9,17-48-30)33-39-34(8,16-49-33)32(45)37-26(18(3)12-2)29(42)22(7)31(43)44/h15,18-22,24,26-29,40-42H,11-14,16-17H2,1-10H3,(H,37,45)(H,43,44)/t18-,19+,20-,21-,22+,24-,26-,27-,28-,29-,34-,35+/m0/s1. The van der Waals surface area contributed by atoms with Gasteiger partial charge in [0, 0.05) is 42.3 Å². The molecule has 1 aromatic rings. The summed E-state index contributed by atoms with van der Waals surface area (Å²) in [4.78, 5) is 40.0. The topological polar surface area (TPSA) is 174 Å². The Bertz CT molecular complexity index is 1340. The van der Waals surface area contributed by atoms with Crippen LogP contribution in [-0.2, 0) is 20.7 Å². The Labute approximate surface area is 304 Å². The molecule has 0 unspecified atom stereocenters. The van der Waals surface area contributed by atoms with Gasteiger partial charge in [-0.15, -0.1) is 34.9 Å². The van der Waals surface area contributed by atoms with Gasteiger partial charge < -0.3 is 30.5 Å². The lowest BCUT2D eigenvalue weighted by atomic mass is 9.80. The van der Waals surface area contributed by atoms with Crippen LogP contribution in [0, 0.1) is 29.6 Å². The van der Waals surface area contributed by atoms with Crippen LogP contribution >= 0.6 is 34.9 Å². The number of carbonyl (C=O) groups excluding carboxylic acids is 1. The maximum atomic E-state index is 13.6. The molecule has 11 nitrogen and oxygen atoms in total. The number of nitrogens with one attached hydrogen (secondary N) is 1. The van der Waals surface area contributed by atoms with Crippen molar-refractivity contribution in [1.82, 2.24) is 10.3 Å². The summed E-state index contributed by atoms with van der Waals surface area (Å²) in [5, 5.41) is 49.6. The lowest BCUT2D eigenvalue weighted by Gasteiger charge is -2.34. The van der Waals surface area contributed by atoms with Crippen LogP contribution in [0.5, 0.6) is 0 Å². The van der Waals surface area contributed by atoms with Gasteiger partial charge in [0.25, 0.3) is 0 Å². The minimum atomic E-state index is -1.24. The minimum absolute atomic E-state index is 0.106. The summed E-state index contributed by atoms with van der Waals surface area (Å²) in [6.07, 6.45) is 0.232. The van der Waals surface area contributed by atoms with Crippen molar-refractivity contribution in [1.29, 1.82) is 0 Å². The van der Waals surface area contributed by atoms with Crippen molar-refractivity contribution >= 4 is 56.8 Å². The van der Waals surface area contributed by atoms with E-state index in [0.29, 0.717) is 24.3 Å². The van der Waals surface area contributed by atoms with Gasteiger partial charge in [-0.1, -0.05) is 54.4 Å². The Kier molecular flexibility index (Phi) is 15.2. The molecule has 1 amide bonds. The summed E-state index contributed by atoms with van der Waals surface area (Å²) in [6.45, 7) is 17.0. The number of aliphatic imine (C=N–C) groups is 2. The first kappa shape index (κ1) is 41.9. The SMILES string of the molecule is CCC[C@@H](C)[C@H](O)[C@H](C)[C@@H](O)[C@@H](C)[C@H](Cc1nc(C2=N[C@@](C)(C3=N[C@](C)(C(=O)N[C@H]([C@@H](O)[C@@H](C)C(=O)O)[C@@H](C)CC)CS3)CS2)cs1)OC. The van der Waals surface area contributed by atoms with E-state index in [9.17, 15) is 30.0 Å². The zero-order chi connectivity index (χ0) is 36.8. The number of aromatic nitrogens is 1. The second kappa shape index (κ2) is 17.8. The quantitative estimate of drug-likeness (QED) is 0.131. The highest BCUT2D eigenvalue weighted by molar-refractivity contribution is 8.16. The third-order valence-electron chi connectivity index (χ3n) is 10.4. The number of methoxy groups -OCH3 is 1. The van der Waals surface area contributed by atoms with Gasteiger partial charge in [0.05, 0.1) is 46.4 Å². The van der Waals surface area contributed by atoms with Crippen LogP contribution in [0.3, 0.4) is 0 Å². The van der Waals surface area contributed by atoms with Gasteiger partial charge in [0.15, 0.2) is 0 Å². The molecule has 1 aromatic heterocycles. The van der Waals surface area contributed by atoms with E-state index in [-0.39, 0.29) is 35.7 Å². The lowest BCUT2D eigenvalue weighted by Crippen LogP contribution is -2.56. The van der Waals surface area contributed by atoms with Gasteiger partial charge in [0.2, 0.25) is 5.91 Å². The van der Waals surface area contributed by atoms with Crippen molar-refractivity contribution in [2.45, 2.75) is 130 Å². The fraction of sp³-hybridized carbons (Fsp3) is 0.800. The molecule has 3 rings (SSSR count). The van der Waals surface area contributed by atoms with Crippen molar-refractivity contribution in [3.8, 4) is 0 Å². The molecule has 0 saturated heterocycles. The Morgan fingerprint density at radius 1 is 0.959 bits per heavy atom. The third kappa shape index (κ3) is 9.87. The molecule has 0 bridgehead atoms. The summed E-state index contributed by atoms with van der Waals surface area (Å²) < 4.78 is 5.83. The Morgan fingerprint density at radius 2 is 1.63 bits per heavy atom. The van der Waals surface area contributed by atoms with Gasteiger partial charge >= 0.3 is 5.97 Å². The molecule has 49 heavy (non-hydrogen) atoms. The molecule has 0 radical (unpaired) electrons. The zero-order valence-electron chi connectivity index (χ0n) is 30.7. The number of hydrogen-bond acceptors (Lipinski definition) is 12. The van der Waals surface area contributed by atoms with Crippen LogP contribution in [0.25, 0.3) is 0 Å². The highest BCUT2D eigenvalue weighted by Crippen LogP contribution is 2.41. The summed E-state index contributed by atoms with van der Waals surface area (Å²) >= 11 is 4.62. The van der Waals surface area contributed by atoms with Gasteiger partial charge in [-0.3, -0.25) is 19.6 Å². The number of carboxylic acids is 1. The van der Waals surface area contributed by atoms with Crippen molar-refractivity contribution in [2.75, 3.05) is 18.6 Å². The number of rotatable bonds is 19. The van der Waals surface area contributed by atoms with Crippen molar-refractivity contribution in [3.05, 3.63) is 16.1 Å². The number of ether oxygens (including phenoxy) is 1. The molecule has 0 spiro atoms. The number of amides is 1. The smallest absolute Gasteiger partial charge is 0.308 e. The number of aliphatic hydroxyl groups is 3. The van der Waals surface area contributed by atoms with E-state index in [4.69, 9.17) is 19.7 Å². The summed E-state index contributed by atoms with van der Waals surface area (Å²) in [6, 6.07) is -0.723. The first-order chi connectivity index (χ1) is 22.9. The second-order valence-corrected chi connectivity index (χ2v) is 17.4. The number of carbonyl (C=O) groups is 2. The zero-order valence-corrected chi connectivity index (χ0v) is 33.1. The maximum absolute atomic E-state index is 13.6. The molecular formula is C35H58N4O7S3. The van der Waals surface area contributed by atoms with E-state index in [1.54, 1.807) is 25.8 Å². The molecule has 5 N–H and O–H groups in total. The van der Waals surface area contributed by atoms with Crippen LogP contribution in [-0.4, -0.2) is 108 Å². The molecule has 12 atom stereocenters. The van der Waals surface area contributed by atoms with E-state index in [1.807, 2.05) is 46.9 Å². The van der Waals surface area contributed by atoms with E-state index in [1.165, 1.54) is 30.0 Å². The number of thioether (sulfide) groups is 2. The Morgan fingerprint density at radius 3 is 2.22 bits per heavy atom. The molecule has 2 aliphatic rings. The molecular weight excluding hydrogens is 685 g/mol. The third-order valence-corrected chi connectivity index (χ3v) is 14.1. The maximum Gasteiger partial charge on any atom is 0.308 e. The fourth-order valence-electron chi connectivity index (χ4n) is 6.41. The summed E-state index contributed by atoms with van der Waals surface area (Å²) in [7, 11) is 1.64. The van der Waals surface area contributed by atoms with E-state index >= 15 is 0 Å². The largest absolute Gasteiger partial charge is 0.481 e. The highest BCUT2D eigenvalue weighted by Gasteiger charge is 2.47. The van der Waals surface area contributed by atoms with Crippen LogP contribution in [0.1, 0.15) is 92.3 Å². The average molecular weight is 743 g/mol.